The molecule has 2 heterocycles. The molecule has 0 bridgehead atoms. The third-order valence-corrected chi connectivity index (χ3v) is 2.96. The first-order chi connectivity index (χ1) is 7.58. The molecule has 2 atom stereocenters. The molecule has 16 heavy (non-hydrogen) atoms. The summed E-state index contributed by atoms with van der Waals surface area (Å²) in [5.74, 6) is 0.384. The molecule has 0 saturated carbocycles. The van der Waals surface area contributed by atoms with Crippen LogP contribution in [0.3, 0.4) is 0 Å². The van der Waals surface area contributed by atoms with E-state index in [0.29, 0.717) is 18.3 Å². The first kappa shape index (κ1) is 11.1. The van der Waals surface area contributed by atoms with Gasteiger partial charge in [-0.05, 0) is 18.9 Å². The average molecular weight is 225 g/mol. The van der Waals surface area contributed by atoms with E-state index in [-0.39, 0.29) is 5.92 Å². The lowest BCUT2D eigenvalue weighted by Crippen LogP contribution is -2.38. The molecule has 0 radical (unpaired) electrons. The number of rotatable bonds is 3. The summed E-state index contributed by atoms with van der Waals surface area (Å²) in [5, 5.41) is 16.7. The third-order valence-electron chi connectivity index (χ3n) is 2.96. The zero-order valence-corrected chi connectivity index (χ0v) is 9.38. The van der Waals surface area contributed by atoms with Gasteiger partial charge in [-0.15, -0.1) is 10.2 Å². The Morgan fingerprint density at radius 2 is 2.38 bits per heavy atom. The quantitative estimate of drug-likeness (QED) is 0.814. The monoisotopic (exact) mass is 225 g/mol. The molecule has 88 valence electrons. The molecule has 2 unspecified atom stereocenters. The van der Waals surface area contributed by atoms with Gasteiger partial charge < -0.3 is 9.52 Å². The second-order valence-electron chi connectivity index (χ2n) is 4.23. The molecule has 1 aromatic rings. The molecule has 0 aliphatic carbocycles. The van der Waals surface area contributed by atoms with Gasteiger partial charge in [-0.3, -0.25) is 9.69 Å². The number of hydrogen-bond donors (Lipinski definition) is 1. The Hall–Kier alpha value is -1.43. The van der Waals surface area contributed by atoms with Gasteiger partial charge in [0.25, 0.3) is 0 Å². The molecule has 1 fully saturated rings. The summed E-state index contributed by atoms with van der Waals surface area (Å²) >= 11 is 0. The van der Waals surface area contributed by atoms with Crippen LogP contribution in [0.2, 0.25) is 0 Å². The highest BCUT2D eigenvalue weighted by Gasteiger charge is 2.37. The Kier molecular flexibility index (Phi) is 2.91. The SMILES string of the molecule is Cc1nnc(CN2CCC(C)C2C(=O)O)o1. The largest absolute Gasteiger partial charge is 0.480 e. The van der Waals surface area contributed by atoms with Crippen molar-refractivity contribution in [2.45, 2.75) is 32.9 Å². The van der Waals surface area contributed by atoms with Crippen molar-refractivity contribution in [3.8, 4) is 0 Å². The highest BCUT2D eigenvalue weighted by atomic mass is 16.4. The van der Waals surface area contributed by atoms with Gasteiger partial charge >= 0.3 is 5.97 Å². The topological polar surface area (TPSA) is 79.5 Å². The predicted octanol–water partition coefficient (Wildman–Crippen LogP) is 0.673. The number of carbonyl (C=O) groups is 1. The van der Waals surface area contributed by atoms with E-state index < -0.39 is 12.0 Å². The van der Waals surface area contributed by atoms with E-state index >= 15 is 0 Å². The molecule has 1 saturated heterocycles. The van der Waals surface area contributed by atoms with Gasteiger partial charge in [0, 0.05) is 6.92 Å². The molecule has 6 nitrogen and oxygen atoms in total. The van der Waals surface area contributed by atoms with E-state index in [0.717, 1.165) is 13.0 Å². The summed E-state index contributed by atoms with van der Waals surface area (Å²) < 4.78 is 5.25. The number of aryl methyl sites for hydroxylation is 1. The molecule has 1 aliphatic rings. The number of carboxylic acid groups (broad SMARTS) is 1. The number of carboxylic acids is 1. The maximum atomic E-state index is 11.1. The zero-order valence-electron chi connectivity index (χ0n) is 9.38. The van der Waals surface area contributed by atoms with Crippen molar-refractivity contribution >= 4 is 5.97 Å². The second kappa shape index (κ2) is 4.21. The number of likely N-dealkylation sites (tertiary alicyclic amines) is 1. The summed E-state index contributed by atoms with van der Waals surface area (Å²) in [6.07, 6.45) is 0.893. The Bertz CT molecular complexity index is 390. The van der Waals surface area contributed by atoms with Crippen LogP contribution >= 0.6 is 0 Å². The zero-order chi connectivity index (χ0) is 11.7. The minimum absolute atomic E-state index is 0.168. The van der Waals surface area contributed by atoms with Crippen LogP contribution in [0.25, 0.3) is 0 Å². The van der Waals surface area contributed by atoms with Gasteiger partial charge in [0.2, 0.25) is 11.8 Å². The Morgan fingerprint density at radius 1 is 1.62 bits per heavy atom. The molecule has 0 amide bonds. The van der Waals surface area contributed by atoms with Crippen LogP contribution in [0.4, 0.5) is 0 Å². The summed E-state index contributed by atoms with van der Waals surface area (Å²) in [6.45, 7) is 4.86. The summed E-state index contributed by atoms with van der Waals surface area (Å²) in [5.41, 5.74) is 0. The normalized spacial score (nSPS) is 26.1. The lowest BCUT2D eigenvalue weighted by atomic mass is 10.0. The van der Waals surface area contributed by atoms with Crippen LogP contribution in [-0.4, -0.2) is 38.8 Å². The number of nitrogens with zero attached hydrogens (tertiary/aromatic N) is 3. The van der Waals surface area contributed by atoms with Crippen LogP contribution in [0.1, 0.15) is 25.1 Å². The van der Waals surface area contributed by atoms with Crippen molar-refractivity contribution in [1.82, 2.24) is 15.1 Å². The van der Waals surface area contributed by atoms with Gasteiger partial charge in [-0.2, -0.15) is 0 Å². The highest BCUT2D eigenvalue weighted by molar-refractivity contribution is 5.74. The Labute approximate surface area is 93.3 Å². The minimum Gasteiger partial charge on any atom is -0.480 e. The summed E-state index contributed by atoms with van der Waals surface area (Å²) in [6, 6.07) is -0.438. The Morgan fingerprint density at radius 3 is 2.94 bits per heavy atom. The summed E-state index contributed by atoms with van der Waals surface area (Å²) in [4.78, 5) is 13.0. The molecule has 1 aliphatic heterocycles. The molecular formula is C10H15N3O3. The van der Waals surface area contributed by atoms with Crippen molar-refractivity contribution in [2.75, 3.05) is 6.54 Å². The number of aromatic nitrogens is 2. The molecule has 0 aromatic carbocycles. The molecular weight excluding hydrogens is 210 g/mol. The van der Waals surface area contributed by atoms with Crippen LogP contribution in [0, 0.1) is 12.8 Å². The number of aliphatic carboxylic acids is 1. The number of hydrogen-bond acceptors (Lipinski definition) is 5. The first-order valence-corrected chi connectivity index (χ1v) is 5.34. The van der Waals surface area contributed by atoms with E-state index in [2.05, 4.69) is 10.2 Å². The van der Waals surface area contributed by atoms with Gasteiger partial charge in [-0.25, -0.2) is 0 Å². The maximum absolute atomic E-state index is 11.1. The highest BCUT2D eigenvalue weighted by Crippen LogP contribution is 2.25. The second-order valence-corrected chi connectivity index (χ2v) is 4.23. The standard InChI is InChI=1S/C10H15N3O3/c1-6-3-4-13(9(6)10(14)15)5-8-12-11-7(2)16-8/h6,9H,3-5H2,1-2H3,(H,14,15). The van der Waals surface area contributed by atoms with Gasteiger partial charge in [-0.1, -0.05) is 6.92 Å². The Balaban J connectivity index is 2.07. The third kappa shape index (κ3) is 2.06. The summed E-state index contributed by atoms with van der Waals surface area (Å²) in [7, 11) is 0. The van der Waals surface area contributed by atoms with Gasteiger partial charge in [0.05, 0.1) is 6.54 Å². The van der Waals surface area contributed by atoms with Crippen LogP contribution in [-0.2, 0) is 11.3 Å². The van der Waals surface area contributed by atoms with Crippen molar-refractivity contribution in [3.63, 3.8) is 0 Å². The van der Waals surface area contributed by atoms with Crippen LogP contribution < -0.4 is 0 Å². The lowest BCUT2D eigenvalue weighted by Gasteiger charge is -2.21. The van der Waals surface area contributed by atoms with E-state index in [9.17, 15) is 4.79 Å². The predicted molar refractivity (Wildman–Crippen MR) is 54.6 cm³/mol. The maximum Gasteiger partial charge on any atom is 0.321 e. The van der Waals surface area contributed by atoms with Crippen LogP contribution in [0.5, 0.6) is 0 Å². The fraction of sp³-hybridized carbons (Fsp3) is 0.700. The molecule has 6 heteroatoms. The van der Waals surface area contributed by atoms with Gasteiger partial charge in [0.15, 0.2) is 0 Å². The van der Waals surface area contributed by atoms with E-state index in [1.54, 1.807) is 6.92 Å². The smallest absolute Gasteiger partial charge is 0.321 e. The molecule has 2 rings (SSSR count). The first-order valence-electron chi connectivity index (χ1n) is 5.34. The minimum atomic E-state index is -0.777. The molecule has 1 N–H and O–H groups in total. The fourth-order valence-corrected chi connectivity index (χ4v) is 2.18. The van der Waals surface area contributed by atoms with Crippen LogP contribution in [0.15, 0.2) is 4.42 Å². The lowest BCUT2D eigenvalue weighted by molar-refractivity contribution is -0.143. The van der Waals surface area contributed by atoms with E-state index in [4.69, 9.17) is 9.52 Å². The van der Waals surface area contributed by atoms with E-state index in [1.165, 1.54) is 0 Å². The van der Waals surface area contributed by atoms with Crippen molar-refractivity contribution in [2.24, 2.45) is 5.92 Å². The fourth-order valence-electron chi connectivity index (χ4n) is 2.18. The van der Waals surface area contributed by atoms with Crippen molar-refractivity contribution in [3.05, 3.63) is 11.8 Å². The molecule has 0 spiro atoms. The van der Waals surface area contributed by atoms with E-state index in [1.807, 2.05) is 11.8 Å². The average Bonchev–Trinajstić information content (AvgIpc) is 2.74. The molecule has 1 aromatic heterocycles. The van der Waals surface area contributed by atoms with Crippen molar-refractivity contribution in [1.29, 1.82) is 0 Å². The van der Waals surface area contributed by atoms with Gasteiger partial charge in [0.1, 0.15) is 6.04 Å². The van der Waals surface area contributed by atoms with Crippen molar-refractivity contribution < 1.29 is 14.3 Å².